The predicted molar refractivity (Wildman–Crippen MR) is 117 cm³/mol. The first-order valence-corrected chi connectivity index (χ1v) is 8.93. The SMILES string of the molecule is [2H]C([2H])(Nc1cccc(-c2cccc(C(=O)O)c2)c1)C([2H])([2H])NC([2H])([2H])[C@]([2H])(O)c1cccc(Cl)c1. The van der Waals surface area contributed by atoms with Crippen LogP contribution in [0, 0.1) is 0 Å². The molecule has 0 aromatic heterocycles. The number of rotatable bonds is 9. The number of carboxylic acids is 1. The van der Waals surface area contributed by atoms with Gasteiger partial charge in [-0.05, 0) is 53.1 Å². The lowest BCUT2D eigenvalue weighted by molar-refractivity contribution is 0.0697. The third-order valence-electron chi connectivity index (χ3n) is 3.92. The summed E-state index contributed by atoms with van der Waals surface area (Å²) in [5.74, 6) is -1.11. The molecule has 0 radical (unpaired) electrons. The molecule has 5 nitrogen and oxygen atoms in total. The predicted octanol–water partition coefficient (Wildman–Crippen LogP) is 4.44. The van der Waals surface area contributed by atoms with Gasteiger partial charge in [0.05, 0.1) is 15.8 Å². The maximum atomic E-state index is 11.3. The number of nitrogens with one attached hydrogen (secondary N) is 2. The van der Waals surface area contributed by atoms with Crippen LogP contribution >= 0.6 is 11.6 Å². The van der Waals surface area contributed by atoms with Gasteiger partial charge >= 0.3 is 5.97 Å². The molecule has 0 spiro atoms. The Morgan fingerprint density at radius 2 is 1.76 bits per heavy atom. The van der Waals surface area contributed by atoms with E-state index >= 15 is 0 Å². The highest BCUT2D eigenvalue weighted by Gasteiger charge is 2.07. The highest BCUT2D eigenvalue weighted by atomic mass is 35.5. The molecule has 6 heteroatoms. The van der Waals surface area contributed by atoms with Gasteiger partial charge in [-0.3, -0.25) is 0 Å². The van der Waals surface area contributed by atoms with Gasteiger partial charge in [0.25, 0.3) is 0 Å². The van der Waals surface area contributed by atoms with Gasteiger partial charge in [0.2, 0.25) is 0 Å². The van der Waals surface area contributed by atoms with Crippen LogP contribution in [-0.2, 0) is 0 Å². The van der Waals surface area contributed by atoms with E-state index in [0.29, 0.717) is 11.1 Å². The van der Waals surface area contributed by atoms with Gasteiger partial charge < -0.3 is 20.8 Å². The third-order valence-corrected chi connectivity index (χ3v) is 4.15. The van der Waals surface area contributed by atoms with Gasteiger partial charge in [0.1, 0.15) is 0 Å². The third kappa shape index (κ3) is 6.06. The molecular weight excluding hydrogens is 388 g/mol. The first kappa shape index (κ1) is 13.4. The minimum absolute atomic E-state index is 0.0616. The monoisotopic (exact) mass is 417 g/mol. The van der Waals surface area contributed by atoms with Crippen LogP contribution in [0.4, 0.5) is 5.69 Å². The summed E-state index contributed by atoms with van der Waals surface area (Å²) in [5, 5.41) is 24.1. The number of halogens is 1. The average Bonchev–Trinajstić information content (AvgIpc) is 2.78. The van der Waals surface area contributed by atoms with Gasteiger partial charge in [-0.1, -0.05) is 48.0 Å². The maximum Gasteiger partial charge on any atom is 0.335 e. The summed E-state index contributed by atoms with van der Waals surface area (Å²) >= 11 is 5.87. The Morgan fingerprint density at radius 1 is 1.03 bits per heavy atom. The molecule has 3 rings (SSSR count). The summed E-state index contributed by atoms with van der Waals surface area (Å²) in [6, 6.07) is 17.5. The molecule has 0 aliphatic rings. The zero-order chi connectivity index (χ0) is 26.9. The molecule has 0 aliphatic carbocycles. The molecular formula is C23H23ClN2O3. The van der Waals surface area contributed by atoms with Crippen LogP contribution in [0.25, 0.3) is 11.1 Å². The van der Waals surface area contributed by atoms with Gasteiger partial charge in [0, 0.05) is 35.7 Å². The second-order valence-corrected chi connectivity index (χ2v) is 6.39. The molecule has 150 valence electrons. The van der Waals surface area contributed by atoms with Crippen LogP contribution in [0.15, 0.2) is 72.8 Å². The van der Waals surface area contributed by atoms with Gasteiger partial charge in [0.15, 0.2) is 0 Å². The van der Waals surface area contributed by atoms with E-state index in [1.54, 1.807) is 29.6 Å². The highest BCUT2D eigenvalue weighted by molar-refractivity contribution is 6.30. The minimum atomic E-state index is -3.16. The molecule has 0 unspecified atom stereocenters. The molecule has 4 N–H and O–H groups in total. The van der Waals surface area contributed by atoms with E-state index in [1.807, 2.05) is 0 Å². The van der Waals surface area contributed by atoms with Gasteiger partial charge in [-0.25, -0.2) is 4.79 Å². The Balaban J connectivity index is 1.85. The van der Waals surface area contributed by atoms with Crippen LogP contribution in [0.5, 0.6) is 0 Å². The van der Waals surface area contributed by atoms with Crippen molar-refractivity contribution in [2.24, 2.45) is 0 Å². The number of aliphatic hydroxyl groups is 1. The molecule has 0 saturated heterocycles. The Morgan fingerprint density at radius 3 is 2.52 bits per heavy atom. The fraction of sp³-hybridized carbons (Fsp3) is 0.174. The van der Waals surface area contributed by atoms with E-state index in [0.717, 1.165) is 6.07 Å². The Kier molecular flexibility index (Phi) is 4.65. The summed E-state index contributed by atoms with van der Waals surface area (Å²) in [7, 11) is 0. The Labute approximate surface area is 184 Å². The molecule has 3 aromatic rings. The van der Waals surface area contributed by atoms with Crippen LogP contribution in [0.2, 0.25) is 5.02 Å². The molecule has 3 aromatic carbocycles. The summed E-state index contributed by atoms with van der Waals surface area (Å²) < 4.78 is 57.4. The van der Waals surface area contributed by atoms with Crippen molar-refractivity contribution < 1.29 is 24.6 Å². The van der Waals surface area contributed by atoms with Crippen molar-refractivity contribution in [3.8, 4) is 11.1 Å². The molecule has 0 fully saturated rings. The number of hydrogen-bond acceptors (Lipinski definition) is 4. The number of aromatic carboxylic acids is 1. The molecule has 0 aliphatic heterocycles. The normalized spacial score (nSPS) is 17.9. The summed E-state index contributed by atoms with van der Waals surface area (Å²) in [4.78, 5) is 11.3. The van der Waals surface area contributed by atoms with Crippen LogP contribution in [0.1, 0.15) is 31.6 Å². The first-order valence-electron chi connectivity index (χ1n) is 12.1. The lowest BCUT2D eigenvalue weighted by Gasteiger charge is -2.13. The number of benzene rings is 3. The lowest BCUT2D eigenvalue weighted by atomic mass is 10.0. The van der Waals surface area contributed by atoms with Crippen molar-refractivity contribution >= 4 is 23.3 Å². The minimum Gasteiger partial charge on any atom is -0.478 e. The Hall–Kier alpha value is -2.86. The summed E-state index contributed by atoms with van der Waals surface area (Å²) in [6.07, 6.45) is -3.02. The first-order chi connectivity index (χ1) is 16.6. The van der Waals surface area contributed by atoms with Crippen molar-refractivity contribution in [2.45, 2.75) is 6.08 Å². The lowest BCUT2D eigenvalue weighted by Crippen LogP contribution is -2.26. The van der Waals surface area contributed by atoms with Crippen molar-refractivity contribution in [2.75, 3.05) is 24.8 Å². The van der Waals surface area contributed by atoms with Crippen LogP contribution in [0.3, 0.4) is 0 Å². The molecule has 0 heterocycles. The van der Waals surface area contributed by atoms with Crippen molar-refractivity contribution in [1.82, 2.24) is 5.32 Å². The van der Waals surface area contributed by atoms with E-state index in [1.165, 1.54) is 42.5 Å². The van der Waals surface area contributed by atoms with E-state index in [2.05, 4.69) is 5.32 Å². The molecule has 29 heavy (non-hydrogen) atoms. The molecule has 0 bridgehead atoms. The largest absolute Gasteiger partial charge is 0.478 e. The van der Waals surface area contributed by atoms with Crippen molar-refractivity contribution in [3.05, 3.63) is 88.9 Å². The van der Waals surface area contributed by atoms with Crippen molar-refractivity contribution in [3.63, 3.8) is 0 Å². The van der Waals surface area contributed by atoms with Crippen molar-refractivity contribution in [1.29, 1.82) is 0 Å². The maximum absolute atomic E-state index is 11.3. The molecule has 0 amide bonds. The second-order valence-electron chi connectivity index (χ2n) is 5.95. The van der Waals surface area contributed by atoms with Crippen LogP contribution < -0.4 is 10.6 Å². The summed E-state index contributed by atoms with van der Waals surface area (Å²) in [5.41, 5.74) is 1.00. The molecule has 1 atom stereocenters. The average molecular weight is 418 g/mol. The number of anilines is 1. The quantitative estimate of drug-likeness (QED) is 0.414. The number of hydrogen-bond donors (Lipinski definition) is 4. The zero-order valence-electron chi connectivity index (χ0n) is 22.1. The zero-order valence-corrected chi connectivity index (χ0v) is 15.9. The van der Waals surface area contributed by atoms with E-state index in [-0.39, 0.29) is 21.8 Å². The van der Waals surface area contributed by atoms with Crippen LogP contribution in [-0.4, -0.2) is 35.7 Å². The van der Waals surface area contributed by atoms with Gasteiger partial charge in [-0.15, -0.1) is 0 Å². The summed E-state index contributed by atoms with van der Waals surface area (Å²) in [6.45, 7) is -9.23. The topological polar surface area (TPSA) is 81.6 Å². The second kappa shape index (κ2) is 10.1. The smallest absolute Gasteiger partial charge is 0.335 e. The molecule has 0 saturated carbocycles. The Bertz CT molecular complexity index is 1270. The van der Waals surface area contributed by atoms with E-state index in [4.69, 9.17) is 21.2 Å². The number of carboxylic acid groups (broad SMARTS) is 1. The fourth-order valence-corrected chi connectivity index (χ4v) is 2.73. The number of carbonyl (C=O) groups is 1. The van der Waals surface area contributed by atoms with E-state index < -0.39 is 31.5 Å². The highest BCUT2D eigenvalue weighted by Crippen LogP contribution is 2.23. The fourth-order valence-electron chi connectivity index (χ4n) is 2.54. The van der Waals surface area contributed by atoms with Gasteiger partial charge in [-0.2, -0.15) is 0 Å². The standard InChI is InChI=1S/C23H23ClN2O3/c24-20-8-2-6-18(13-20)22(27)15-25-10-11-26-21-9-3-5-17(14-21)16-4-1-7-19(12-16)23(28)29/h1-9,12-14,22,25-27H,10-11,15H2,(H,28,29)/t22-/m0/s1/i10D2,11D2,15D2,22D. The van der Waals surface area contributed by atoms with E-state index in [9.17, 15) is 15.0 Å².